The topological polar surface area (TPSA) is 48.0 Å². The predicted octanol–water partition coefficient (Wildman–Crippen LogP) is 1.84. The van der Waals surface area contributed by atoms with Crippen molar-refractivity contribution >= 4 is 6.09 Å². The van der Waals surface area contributed by atoms with E-state index in [1.165, 1.54) is 0 Å². The van der Waals surface area contributed by atoms with Crippen molar-refractivity contribution in [1.29, 1.82) is 0 Å². The fraction of sp³-hybridized carbons (Fsp3) is 0.400. The molecule has 1 saturated heterocycles. The standard InChI is InChI=1S/C15H17NO4/c1-3-8-19-14-11-13(5-4-12(14)2)20-15(17)16-6-9-18-10-7-16/h1,4-5,11H,6-10H2,2H3. The van der Waals surface area contributed by atoms with Gasteiger partial charge in [0, 0.05) is 19.2 Å². The minimum Gasteiger partial charge on any atom is -0.481 e. The maximum absolute atomic E-state index is 12.0. The van der Waals surface area contributed by atoms with E-state index >= 15 is 0 Å². The van der Waals surface area contributed by atoms with Gasteiger partial charge < -0.3 is 19.1 Å². The van der Waals surface area contributed by atoms with E-state index in [4.69, 9.17) is 20.6 Å². The Morgan fingerprint density at radius 1 is 1.45 bits per heavy atom. The lowest BCUT2D eigenvalue weighted by Gasteiger charge is -2.25. The first-order valence-corrected chi connectivity index (χ1v) is 6.42. The normalized spacial score (nSPS) is 14.5. The Labute approximate surface area is 118 Å². The van der Waals surface area contributed by atoms with E-state index in [0.29, 0.717) is 37.8 Å². The number of terminal acetylenes is 1. The summed E-state index contributed by atoms with van der Waals surface area (Å²) in [6, 6.07) is 5.23. The molecule has 0 unspecified atom stereocenters. The van der Waals surface area contributed by atoms with Crippen molar-refractivity contribution in [2.75, 3.05) is 32.9 Å². The average Bonchev–Trinajstić information content (AvgIpc) is 2.48. The van der Waals surface area contributed by atoms with Gasteiger partial charge in [0.25, 0.3) is 0 Å². The molecule has 2 rings (SSSR count). The molecule has 106 valence electrons. The van der Waals surface area contributed by atoms with Crippen LogP contribution in [0, 0.1) is 19.3 Å². The SMILES string of the molecule is C#CCOc1cc(OC(=O)N2CCOCC2)ccc1C. The molecular formula is C15H17NO4. The second-order valence-corrected chi connectivity index (χ2v) is 4.39. The van der Waals surface area contributed by atoms with Crippen molar-refractivity contribution in [2.24, 2.45) is 0 Å². The van der Waals surface area contributed by atoms with Crippen molar-refractivity contribution in [2.45, 2.75) is 6.92 Å². The summed E-state index contributed by atoms with van der Waals surface area (Å²) in [5.41, 5.74) is 0.937. The minimum atomic E-state index is -0.375. The number of carbonyl (C=O) groups excluding carboxylic acids is 1. The van der Waals surface area contributed by atoms with Crippen LogP contribution in [0.5, 0.6) is 11.5 Å². The average molecular weight is 275 g/mol. The highest BCUT2D eigenvalue weighted by Crippen LogP contribution is 2.24. The Balaban J connectivity index is 2.01. The van der Waals surface area contributed by atoms with E-state index in [1.54, 1.807) is 17.0 Å². The van der Waals surface area contributed by atoms with Crippen molar-refractivity contribution < 1.29 is 19.0 Å². The molecule has 1 aliphatic rings. The van der Waals surface area contributed by atoms with Crippen molar-refractivity contribution in [1.82, 2.24) is 4.90 Å². The number of morpholine rings is 1. The zero-order valence-electron chi connectivity index (χ0n) is 11.4. The summed E-state index contributed by atoms with van der Waals surface area (Å²) in [4.78, 5) is 13.6. The number of benzene rings is 1. The first-order chi connectivity index (χ1) is 9.70. The van der Waals surface area contributed by atoms with Gasteiger partial charge in [-0.1, -0.05) is 12.0 Å². The molecule has 5 nitrogen and oxygen atoms in total. The fourth-order valence-electron chi connectivity index (χ4n) is 1.83. The molecule has 0 aromatic heterocycles. The summed E-state index contributed by atoms with van der Waals surface area (Å²) in [6.07, 6.45) is 4.79. The van der Waals surface area contributed by atoms with Gasteiger partial charge in [0.1, 0.15) is 18.1 Å². The Hall–Kier alpha value is -2.19. The zero-order valence-corrected chi connectivity index (χ0v) is 11.4. The Bertz CT molecular complexity index is 515. The molecule has 0 bridgehead atoms. The second-order valence-electron chi connectivity index (χ2n) is 4.39. The number of aryl methyl sites for hydroxylation is 1. The van der Waals surface area contributed by atoms with Gasteiger partial charge in [0.15, 0.2) is 0 Å². The smallest absolute Gasteiger partial charge is 0.415 e. The van der Waals surface area contributed by atoms with Crippen LogP contribution in [0.1, 0.15) is 5.56 Å². The fourth-order valence-corrected chi connectivity index (χ4v) is 1.83. The van der Waals surface area contributed by atoms with Gasteiger partial charge >= 0.3 is 6.09 Å². The van der Waals surface area contributed by atoms with Gasteiger partial charge in [-0.3, -0.25) is 0 Å². The molecule has 1 heterocycles. The molecule has 20 heavy (non-hydrogen) atoms. The van der Waals surface area contributed by atoms with Crippen LogP contribution in [0.25, 0.3) is 0 Å². The number of nitrogens with zero attached hydrogens (tertiary/aromatic N) is 1. The van der Waals surface area contributed by atoms with Gasteiger partial charge in [-0.05, 0) is 18.6 Å². The number of ether oxygens (including phenoxy) is 3. The van der Waals surface area contributed by atoms with Crippen LogP contribution >= 0.6 is 0 Å². The maximum Gasteiger partial charge on any atom is 0.415 e. The number of carbonyl (C=O) groups is 1. The lowest BCUT2D eigenvalue weighted by Crippen LogP contribution is -2.42. The second kappa shape index (κ2) is 6.83. The molecular weight excluding hydrogens is 258 g/mol. The first-order valence-electron chi connectivity index (χ1n) is 6.42. The zero-order chi connectivity index (χ0) is 14.4. The molecule has 1 fully saturated rings. The number of hydrogen-bond acceptors (Lipinski definition) is 4. The minimum absolute atomic E-state index is 0.182. The highest BCUT2D eigenvalue weighted by molar-refractivity contribution is 5.71. The molecule has 0 spiro atoms. The summed E-state index contributed by atoms with van der Waals surface area (Å²) < 4.78 is 15.9. The van der Waals surface area contributed by atoms with E-state index in [2.05, 4.69) is 5.92 Å². The van der Waals surface area contributed by atoms with E-state index in [0.717, 1.165) is 5.56 Å². The van der Waals surface area contributed by atoms with Crippen LogP contribution in [0.4, 0.5) is 4.79 Å². The first kappa shape index (κ1) is 14.2. The van der Waals surface area contributed by atoms with E-state index in [1.807, 2.05) is 13.0 Å². The number of amides is 1. The third-order valence-electron chi connectivity index (χ3n) is 2.95. The molecule has 1 amide bonds. The number of hydrogen-bond donors (Lipinski definition) is 0. The monoisotopic (exact) mass is 275 g/mol. The molecule has 1 aromatic rings. The lowest BCUT2D eigenvalue weighted by atomic mass is 10.2. The highest BCUT2D eigenvalue weighted by atomic mass is 16.6. The molecule has 0 saturated carbocycles. The summed E-state index contributed by atoms with van der Waals surface area (Å²) in [5, 5.41) is 0. The van der Waals surface area contributed by atoms with Crippen molar-refractivity contribution in [3.63, 3.8) is 0 Å². The van der Waals surface area contributed by atoms with Crippen LogP contribution < -0.4 is 9.47 Å². The predicted molar refractivity (Wildman–Crippen MR) is 73.9 cm³/mol. The maximum atomic E-state index is 12.0. The van der Waals surface area contributed by atoms with Gasteiger partial charge in [-0.15, -0.1) is 6.42 Å². The molecule has 1 aromatic carbocycles. The van der Waals surface area contributed by atoms with Gasteiger partial charge in [-0.2, -0.15) is 0 Å². The quantitative estimate of drug-likeness (QED) is 0.790. The van der Waals surface area contributed by atoms with Gasteiger partial charge in [0.05, 0.1) is 13.2 Å². The Morgan fingerprint density at radius 3 is 2.90 bits per heavy atom. The van der Waals surface area contributed by atoms with E-state index in [-0.39, 0.29) is 12.7 Å². The third-order valence-corrected chi connectivity index (χ3v) is 2.95. The molecule has 0 aliphatic carbocycles. The largest absolute Gasteiger partial charge is 0.481 e. The van der Waals surface area contributed by atoms with Gasteiger partial charge in [-0.25, -0.2) is 4.79 Å². The van der Waals surface area contributed by atoms with Crippen LogP contribution in [-0.4, -0.2) is 43.9 Å². The van der Waals surface area contributed by atoms with Crippen LogP contribution in [0.2, 0.25) is 0 Å². The summed E-state index contributed by atoms with van der Waals surface area (Å²) >= 11 is 0. The van der Waals surface area contributed by atoms with Crippen LogP contribution in [0.3, 0.4) is 0 Å². The molecule has 0 N–H and O–H groups in total. The van der Waals surface area contributed by atoms with Crippen LogP contribution in [0.15, 0.2) is 18.2 Å². The summed E-state index contributed by atoms with van der Waals surface area (Å²) in [7, 11) is 0. The molecule has 0 radical (unpaired) electrons. The molecule has 1 aliphatic heterocycles. The van der Waals surface area contributed by atoms with Gasteiger partial charge in [0.2, 0.25) is 0 Å². The Kier molecular flexibility index (Phi) is 4.85. The number of rotatable bonds is 3. The third kappa shape index (κ3) is 3.65. The lowest BCUT2D eigenvalue weighted by molar-refractivity contribution is 0.0415. The van der Waals surface area contributed by atoms with Crippen LogP contribution in [-0.2, 0) is 4.74 Å². The van der Waals surface area contributed by atoms with E-state index in [9.17, 15) is 4.79 Å². The van der Waals surface area contributed by atoms with Crippen molar-refractivity contribution in [3.8, 4) is 23.8 Å². The molecule has 0 atom stereocenters. The highest BCUT2D eigenvalue weighted by Gasteiger charge is 2.19. The summed E-state index contributed by atoms with van der Waals surface area (Å²) in [5.74, 6) is 3.47. The summed E-state index contributed by atoms with van der Waals surface area (Å²) in [6.45, 7) is 4.26. The van der Waals surface area contributed by atoms with E-state index < -0.39 is 0 Å². The van der Waals surface area contributed by atoms with Crippen molar-refractivity contribution in [3.05, 3.63) is 23.8 Å². The molecule has 5 heteroatoms. The Morgan fingerprint density at radius 2 is 2.20 bits per heavy atom.